The van der Waals surface area contributed by atoms with Crippen molar-refractivity contribution < 1.29 is 24.1 Å². The number of ether oxygens (including phenoxy) is 3. The summed E-state index contributed by atoms with van der Waals surface area (Å²) in [7, 11) is 3.22. The van der Waals surface area contributed by atoms with E-state index in [1.165, 1.54) is 0 Å². The number of fused-ring (bicyclic) bond motifs is 1. The van der Waals surface area contributed by atoms with Gasteiger partial charge in [-0.05, 0) is 30.9 Å². The molecule has 2 fully saturated rings. The predicted molar refractivity (Wildman–Crippen MR) is 137 cm³/mol. The zero-order chi connectivity index (χ0) is 25.1. The van der Waals surface area contributed by atoms with Gasteiger partial charge in [0.25, 0.3) is 0 Å². The second-order valence-electron chi connectivity index (χ2n) is 9.41. The number of carboxylic acid groups (broad SMARTS) is 1. The number of hydrogen-bond acceptors (Lipinski definition) is 8. The quantitative estimate of drug-likeness (QED) is 0.532. The summed E-state index contributed by atoms with van der Waals surface area (Å²) in [6, 6.07) is 13.7. The highest BCUT2D eigenvalue weighted by atomic mass is 16.5. The van der Waals surface area contributed by atoms with Gasteiger partial charge in [0.05, 0.1) is 38.4 Å². The predicted octanol–water partition coefficient (Wildman–Crippen LogP) is 3.40. The molecule has 3 heterocycles. The molecule has 1 N–H and O–H groups in total. The van der Waals surface area contributed by atoms with Gasteiger partial charge in [0.2, 0.25) is 5.95 Å². The Morgan fingerprint density at radius 3 is 2.28 bits per heavy atom. The van der Waals surface area contributed by atoms with Crippen molar-refractivity contribution in [3.05, 3.63) is 48.0 Å². The Kier molecular flexibility index (Phi) is 6.82. The zero-order valence-electron chi connectivity index (χ0n) is 20.8. The van der Waals surface area contributed by atoms with Crippen LogP contribution in [0.3, 0.4) is 0 Å². The summed E-state index contributed by atoms with van der Waals surface area (Å²) in [5.41, 5.74) is 1.02. The summed E-state index contributed by atoms with van der Waals surface area (Å²) in [4.78, 5) is 26.6. The smallest absolute Gasteiger partial charge is 0.310 e. The molecule has 0 atom stereocenters. The molecule has 0 spiro atoms. The first-order chi connectivity index (χ1) is 17.5. The molecule has 0 radical (unpaired) electrons. The fourth-order valence-electron chi connectivity index (χ4n) is 5.17. The van der Waals surface area contributed by atoms with E-state index in [0.717, 1.165) is 35.4 Å². The maximum atomic E-state index is 12.4. The van der Waals surface area contributed by atoms with Gasteiger partial charge >= 0.3 is 5.97 Å². The highest BCUT2D eigenvalue weighted by molar-refractivity contribution is 5.93. The Hall–Kier alpha value is -3.59. The van der Waals surface area contributed by atoms with Crippen LogP contribution in [-0.4, -0.2) is 74.7 Å². The second-order valence-corrected chi connectivity index (χ2v) is 9.41. The van der Waals surface area contributed by atoms with E-state index in [4.69, 9.17) is 24.2 Å². The van der Waals surface area contributed by atoms with Gasteiger partial charge in [0.1, 0.15) is 5.82 Å². The third-order valence-electron chi connectivity index (χ3n) is 7.32. The van der Waals surface area contributed by atoms with Crippen molar-refractivity contribution in [1.29, 1.82) is 0 Å². The molecular formula is C27H32N4O5. The molecule has 1 aromatic heterocycles. The number of aliphatic carboxylic acids is 1. The number of aromatic nitrogens is 2. The average molecular weight is 493 g/mol. The lowest BCUT2D eigenvalue weighted by atomic mass is 9.74. The number of anilines is 2. The number of carboxylic acids is 1. The minimum Gasteiger partial charge on any atom is -0.493 e. The molecule has 9 heteroatoms. The zero-order valence-corrected chi connectivity index (χ0v) is 20.8. The molecule has 2 aromatic carbocycles. The summed E-state index contributed by atoms with van der Waals surface area (Å²) in [5, 5.41) is 11.1. The van der Waals surface area contributed by atoms with E-state index in [0.29, 0.717) is 63.0 Å². The molecule has 190 valence electrons. The molecule has 2 aliphatic rings. The van der Waals surface area contributed by atoms with E-state index in [9.17, 15) is 9.90 Å². The van der Waals surface area contributed by atoms with E-state index in [1.54, 1.807) is 14.2 Å². The molecule has 36 heavy (non-hydrogen) atoms. The molecule has 9 nitrogen and oxygen atoms in total. The van der Waals surface area contributed by atoms with Crippen molar-refractivity contribution >= 4 is 28.6 Å². The first kappa shape index (κ1) is 24.1. The normalized spacial score (nSPS) is 17.7. The van der Waals surface area contributed by atoms with Gasteiger partial charge in [0.15, 0.2) is 11.5 Å². The van der Waals surface area contributed by atoms with Crippen LogP contribution in [0.25, 0.3) is 10.9 Å². The van der Waals surface area contributed by atoms with Crippen LogP contribution in [0.1, 0.15) is 18.4 Å². The topological polar surface area (TPSA) is 97.2 Å². The van der Waals surface area contributed by atoms with Gasteiger partial charge in [-0.2, -0.15) is 4.98 Å². The molecule has 2 aliphatic heterocycles. The van der Waals surface area contributed by atoms with E-state index in [1.807, 2.05) is 42.5 Å². The minimum absolute atomic E-state index is 0.519. The number of nitrogens with zero attached hydrogens (tertiary/aromatic N) is 4. The Morgan fingerprint density at radius 2 is 1.64 bits per heavy atom. The number of carbonyl (C=O) groups is 1. The molecule has 0 bridgehead atoms. The molecule has 0 unspecified atom stereocenters. The molecule has 3 aromatic rings. The maximum Gasteiger partial charge on any atom is 0.310 e. The van der Waals surface area contributed by atoms with Crippen LogP contribution in [0.15, 0.2) is 42.5 Å². The van der Waals surface area contributed by atoms with Crippen LogP contribution in [0.4, 0.5) is 11.8 Å². The van der Waals surface area contributed by atoms with Crippen molar-refractivity contribution in [2.24, 2.45) is 5.41 Å². The van der Waals surface area contributed by atoms with E-state index in [2.05, 4.69) is 9.80 Å². The fraction of sp³-hybridized carbons (Fsp3) is 0.444. The van der Waals surface area contributed by atoms with Gasteiger partial charge < -0.3 is 29.1 Å². The third kappa shape index (κ3) is 4.63. The van der Waals surface area contributed by atoms with E-state index >= 15 is 0 Å². The number of methoxy groups -OCH3 is 2. The Bertz CT molecular complexity index is 1220. The largest absolute Gasteiger partial charge is 0.493 e. The number of hydrogen-bond donors (Lipinski definition) is 1. The van der Waals surface area contributed by atoms with Gasteiger partial charge in [-0.1, -0.05) is 30.3 Å². The Labute approximate surface area is 210 Å². The van der Waals surface area contributed by atoms with Gasteiger partial charge in [-0.3, -0.25) is 4.79 Å². The minimum atomic E-state index is -0.793. The lowest BCUT2D eigenvalue weighted by Gasteiger charge is -2.39. The SMILES string of the molecule is COc1cc2nc(N3CCC(Cc4ccccc4)(C(=O)O)CC3)nc(N3CCOCC3)c2cc1OC. The summed E-state index contributed by atoms with van der Waals surface area (Å²) in [6.45, 7) is 3.88. The molecule has 2 saturated heterocycles. The lowest BCUT2D eigenvalue weighted by molar-refractivity contribution is -0.150. The summed E-state index contributed by atoms with van der Waals surface area (Å²) >= 11 is 0. The van der Waals surface area contributed by atoms with Crippen LogP contribution in [0, 0.1) is 5.41 Å². The van der Waals surface area contributed by atoms with Crippen molar-refractivity contribution in [3.63, 3.8) is 0 Å². The summed E-state index contributed by atoms with van der Waals surface area (Å²) < 4.78 is 16.6. The van der Waals surface area contributed by atoms with Crippen LogP contribution in [0.5, 0.6) is 11.5 Å². The van der Waals surface area contributed by atoms with Crippen LogP contribution >= 0.6 is 0 Å². The molecule has 0 aliphatic carbocycles. The molecule has 5 rings (SSSR count). The van der Waals surface area contributed by atoms with E-state index in [-0.39, 0.29) is 0 Å². The van der Waals surface area contributed by atoms with Crippen molar-refractivity contribution in [3.8, 4) is 11.5 Å². The second kappa shape index (κ2) is 10.2. The maximum absolute atomic E-state index is 12.4. The molecular weight excluding hydrogens is 460 g/mol. The monoisotopic (exact) mass is 492 g/mol. The van der Waals surface area contributed by atoms with E-state index < -0.39 is 11.4 Å². The third-order valence-corrected chi connectivity index (χ3v) is 7.32. The van der Waals surface area contributed by atoms with Crippen molar-refractivity contribution in [2.45, 2.75) is 19.3 Å². The fourth-order valence-corrected chi connectivity index (χ4v) is 5.17. The first-order valence-corrected chi connectivity index (χ1v) is 12.3. The standard InChI is InChI=1S/C27H32N4O5/c1-34-22-16-20-21(17-23(22)35-2)28-26(29-24(20)30-12-14-36-15-13-30)31-10-8-27(9-11-31,25(32)33)18-19-6-4-3-5-7-19/h3-7,16-17H,8-15,18H2,1-2H3,(H,32,33). The number of benzene rings is 2. The highest BCUT2D eigenvalue weighted by Crippen LogP contribution is 2.39. The van der Waals surface area contributed by atoms with Gasteiger partial charge in [-0.15, -0.1) is 0 Å². The lowest BCUT2D eigenvalue weighted by Crippen LogP contribution is -2.46. The number of morpholine rings is 1. The van der Waals surface area contributed by atoms with Crippen molar-refractivity contribution in [1.82, 2.24) is 9.97 Å². The van der Waals surface area contributed by atoms with Crippen LogP contribution in [0.2, 0.25) is 0 Å². The molecule has 0 amide bonds. The number of piperidine rings is 1. The summed E-state index contributed by atoms with van der Waals surface area (Å²) in [6.07, 6.45) is 1.57. The van der Waals surface area contributed by atoms with Crippen LogP contribution in [-0.2, 0) is 16.0 Å². The average Bonchev–Trinajstić information content (AvgIpc) is 2.93. The Morgan fingerprint density at radius 1 is 0.972 bits per heavy atom. The highest BCUT2D eigenvalue weighted by Gasteiger charge is 2.42. The van der Waals surface area contributed by atoms with Crippen molar-refractivity contribution in [2.75, 3.05) is 63.4 Å². The van der Waals surface area contributed by atoms with Gasteiger partial charge in [-0.25, -0.2) is 4.98 Å². The van der Waals surface area contributed by atoms with Crippen LogP contribution < -0.4 is 19.3 Å². The molecule has 0 saturated carbocycles. The summed E-state index contributed by atoms with van der Waals surface area (Å²) in [5.74, 6) is 1.93. The number of rotatable bonds is 7. The first-order valence-electron chi connectivity index (χ1n) is 12.3. The van der Waals surface area contributed by atoms with Gasteiger partial charge in [0, 0.05) is 37.6 Å². The Balaban J connectivity index is 1.48.